The molecule has 1 rings (SSSR count). The molecular weight excluding hydrogens is 156 g/mol. The SMILES string of the molecule is CC(=O)[C@]1(O)OC(C)CC[C@H]1C. The molecule has 12 heavy (non-hydrogen) atoms. The Kier molecular flexibility index (Phi) is 2.54. The lowest BCUT2D eigenvalue weighted by atomic mass is 9.88. The van der Waals surface area contributed by atoms with Gasteiger partial charge >= 0.3 is 0 Å². The molecule has 3 atom stereocenters. The van der Waals surface area contributed by atoms with Crippen LogP contribution in [0.5, 0.6) is 0 Å². The van der Waals surface area contributed by atoms with Crippen molar-refractivity contribution >= 4 is 5.78 Å². The Hall–Kier alpha value is -0.410. The third-order valence-electron chi connectivity index (χ3n) is 2.56. The third-order valence-corrected chi connectivity index (χ3v) is 2.56. The Bertz CT molecular complexity index is 190. The minimum atomic E-state index is -1.53. The highest BCUT2D eigenvalue weighted by Crippen LogP contribution is 2.32. The number of Topliss-reactive ketones (excluding diaryl/α,β-unsaturated/α-hetero) is 1. The molecule has 1 aliphatic heterocycles. The molecule has 0 radical (unpaired) electrons. The smallest absolute Gasteiger partial charge is 0.229 e. The van der Waals surface area contributed by atoms with Gasteiger partial charge in [-0.3, -0.25) is 4.79 Å². The zero-order valence-corrected chi connectivity index (χ0v) is 7.83. The number of rotatable bonds is 1. The van der Waals surface area contributed by atoms with Crippen molar-refractivity contribution in [3.05, 3.63) is 0 Å². The molecule has 3 nitrogen and oxygen atoms in total. The Labute approximate surface area is 72.7 Å². The van der Waals surface area contributed by atoms with E-state index in [1.165, 1.54) is 6.92 Å². The van der Waals surface area contributed by atoms with Gasteiger partial charge in [-0.1, -0.05) is 6.92 Å². The standard InChI is InChI=1S/C9H16O3/c1-6-4-5-7(2)12-9(6,11)8(3)10/h6-7,11H,4-5H2,1-3H3/t6-,7?,9-/m1/s1. The molecule has 0 bridgehead atoms. The van der Waals surface area contributed by atoms with Crippen LogP contribution in [0, 0.1) is 5.92 Å². The summed E-state index contributed by atoms with van der Waals surface area (Å²) in [6, 6.07) is 0. The first-order chi connectivity index (χ1) is 5.47. The minimum absolute atomic E-state index is 0.0184. The second-order valence-corrected chi connectivity index (χ2v) is 3.66. The number of ether oxygens (including phenoxy) is 1. The number of ketones is 1. The highest BCUT2D eigenvalue weighted by atomic mass is 16.6. The third kappa shape index (κ3) is 1.52. The molecule has 1 fully saturated rings. The van der Waals surface area contributed by atoms with E-state index in [2.05, 4.69) is 0 Å². The first-order valence-electron chi connectivity index (χ1n) is 4.38. The van der Waals surface area contributed by atoms with Gasteiger partial charge in [-0.15, -0.1) is 0 Å². The summed E-state index contributed by atoms with van der Waals surface area (Å²) >= 11 is 0. The van der Waals surface area contributed by atoms with Crippen LogP contribution in [0.3, 0.4) is 0 Å². The predicted octanol–water partition coefficient (Wildman–Crippen LogP) is 1.10. The van der Waals surface area contributed by atoms with E-state index in [4.69, 9.17) is 4.74 Å². The fourth-order valence-electron chi connectivity index (χ4n) is 1.59. The molecule has 0 aliphatic carbocycles. The van der Waals surface area contributed by atoms with Crippen molar-refractivity contribution in [2.24, 2.45) is 5.92 Å². The van der Waals surface area contributed by atoms with E-state index in [9.17, 15) is 9.90 Å². The minimum Gasteiger partial charge on any atom is -0.359 e. The Morgan fingerprint density at radius 3 is 2.50 bits per heavy atom. The first kappa shape index (κ1) is 9.68. The zero-order chi connectivity index (χ0) is 9.35. The summed E-state index contributed by atoms with van der Waals surface area (Å²) in [5.74, 6) is -1.91. The van der Waals surface area contributed by atoms with Crippen LogP contribution in [0.25, 0.3) is 0 Å². The molecule has 1 heterocycles. The largest absolute Gasteiger partial charge is 0.359 e. The maximum Gasteiger partial charge on any atom is 0.229 e. The fraction of sp³-hybridized carbons (Fsp3) is 0.889. The predicted molar refractivity (Wildman–Crippen MR) is 44.6 cm³/mol. The normalized spacial score (nSPS) is 42.7. The fourth-order valence-corrected chi connectivity index (χ4v) is 1.59. The van der Waals surface area contributed by atoms with Crippen molar-refractivity contribution in [1.82, 2.24) is 0 Å². The van der Waals surface area contributed by atoms with Gasteiger partial charge in [0.15, 0.2) is 5.78 Å². The van der Waals surface area contributed by atoms with Gasteiger partial charge in [0.2, 0.25) is 5.79 Å². The monoisotopic (exact) mass is 172 g/mol. The molecule has 0 aromatic carbocycles. The lowest BCUT2D eigenvalue weighted by Crippen LogP contribution is -2.51. The van der Waals surface area contributed by atoms with Crippen molar-refractivity contribution in [2.45, 2.75) is 45.5 Å². The highest BCUT2D eigenvalue weighted by Gasteiger charge is 2.44. The van der Waals surface area contributed by atoms with Crippen LogP contribution in [-0.2, 0) is 9.53 Å². The van der Waals surface area contributed by atoms with Crippen molar-refractivity contribution in [3.8, 4) is 0 Å². The lowest BCUT2D eigenvalue weighted by Gasteiger charge is -2.38. The van der Waals surface area contributed by atoms with Gasteiger partial charge in [-0.25, -0.2) is 0 Å². The molecule has 0 aromatic rings. The number of aliphatic hydroxyl groups is 1. The average molecular weight is 172 g/mol. The molecule has 3 heteroatoms. The second kappa shape index (κ2) is 3.15. The first-order valence-corrected chi connectivity index (χ1v) is 4.38. The Morgan fingerprint density at radius 1 is 1.50 bits per heavy atom. The molecule has 1 N–H and O–H groups in total. The number of hydrogen-bond donors (Lipinski definition) is 1. The van der Waals surface area contributed by atoms with E-state index >= 15 is 0 Å². The summed E-state index contributed by atoms with van der Waals surface area (Å²) in [6.45, 7) is 5.08. The molecular formula is C9H16O3. The molecule has 1 saturated heterocycles. The van der Waals surface area contributed by atoms with E-state index in [1.54, 1.807) is 0 Å². The maximum atomic E-state index is 11.1. The second-order valence-electron chi connectivity index (χ2n) is 3.66. The molecule has 1 aliphatic rings. The van der Waals surface area contributed by atoms with Gasteiger partial charge in [0.1, 0.15) is 0 Å². The van der Waals surface area contributed by atoms with E-state index in [-0.39, 0.29) is 17.8 Å². The van der Waals surface area contributed by atoms with Crippen LogP contribution in [0.15, 0.2) is 0 Å². The molecule has 0 aromatic heterocycles. The summed E-state index contributed by atoms with van der Waals surface area (Å²) in [7, 11) is 0. The summed E-state index contributed by atoms with van der Waals surface area (Å²) in [4.78, 5) is 11.1. The molecule has 0 saturated carbocycles. The van der Waals surface area contributed by atoms with Crippen LogP contribution in [0.1, 0.15) is 33.6 Å². The van der Waals surface area contributed by atoms with Crippen molar-refractivity contribution in [1.29, 1.82) is 0 Å². The van der Waals surface area contributed by atoms with Crippen LogP contribution >= 0.6 is 0 Å². The molecule has 70 valence electrons. The summed E-state index contributed by atoms with van der Waals surface area (Å²) in [5.41, 5.74) is 0. The highest BCUT2D eigenvalue weighted by molar-refractivity contribution is 5.83. The van der Waals surface area contributed by atoms with Crippen molar-refractivity contribution in [3.63, 3.8) is 0 Å². The van der Waals surface area contributed by atoms with E-state index in [0.29, 0.717) is 0 Å². The van der Waals surface area contributed by atoms with Crippen LogP contribution in [-0.4, -0.2) is 22.8 Å². The van der Waals surface area contributed by atoms with E-state index < -0.39 is 5.79 Å². The number of carbonyl (C=O) groups is 1. The average Bonchev–Trinajstić information content (AvgIpc) is 1.97. The van der Waals surface area contributed by atoms with Gasteiger partial charge in [0.25, 0.3) is 0 Å². The van der Waals surface area contributed by atoms with Gasteiger partial charge < -0.3 is 9.84 Å². The molecule has 0 spiro atoms. The van der Waals surface area contributed by atoms with E-state index in [1.807, 2.05) is 13.8 Å². The van der Waals surface area contributed by atoms with Crippen LogP contribution in [0.2, 0.25) is 0 Å². The van der Waals surface area contributed by atoms with Gasteiger partial charge in [-0.2, -0.15) is 0 Å². The summed E-state index contributed by atoms with van der Waals surface area (Å²) < 4.78 is 5.25. The van der Waals surface area contributed by atoms with Crippen LogP contribution < -0.4 is 0 Å². The Morgan fingerprint density at radius 2 is 2.08 bits per heavy atom. The van der Waals surface area contributed by atoms with Gasteiger partial charge in [0, 0.05) is 12.8 Å². The summed E-state index contributed by atoms with van der Waals surface area (Å²) in [5, 5.41) is 9.82. The van der Waals surface area contributed by atoms with Gasteiger partial charge in [0.05, 0.1) is 6.10 Å². The molecule has 0 amide bonds. The number of hydrogen-bond acceptors (Lipinski definition) is 3. The zero-order valence-electron chi connectivity index (χ0n) is 7.83. The van der Waals surface area contributed by atoms with E-state index in [0.717, 1.165) is 12.8 Å². The maximum absolute atomic E-state index is 11.1. The van der Waals surface area contributed by atoms with Crippen molar-refractivity contribution in [2.75, 3.05) is 0 Å². The Balaban J connectivity index is 2.77. The van der Waals surface area contributed by atoms with Crippen molar-refractivity contribution < 1.29 is 14.6 Å². The topological polar surface area (TPSA) is 46.5 Å². The van der Waals surface area contributed by atoms with Crippen LogP contribution in [0.4, 0.5) is 0 Å². The lowest BCUT2D eigenvalue weighted by molar-refractivity contribution is -0.258. The number of carbonyl (C=O) groups excluding carboxylic acids is 1. The van der Waals surface area contributed by atoms with Gasteiger partial charge in [-0.05, 0) is 19.8 Å². The quantitative estimate of drug-likeness (QED) is 0.644. The summed E-state index contributed by atoms with van der Waals surface area (Å²) in [6.07, 6.45) is 1.74. The molecule has 1 unspecified atom stereocenters.